The second kappa shape index (κ2) is 6.45. The third-order valence-electron chi connectivity index (χ3n) is 2.94. The molecule has 2 aromatic carbocycles. The molecular weight excluding hydrogens is 288 g/mol. The molecule has 0 spiro atoms. The monoisotopic (exact) mass is 302 g/mol. The number of carboxylic acid groups (broad SMARTS) is 1. The molecule has 0 aliphatic rings. The van der Waals surface area contributed by atoms with Crippen LogP contribution < -0.4 is 0 Å². The second-order valence-electron chi connectivity index (χ2n) is 4.40. The molecule has 1 N–H and O–H groups in total. The SMILES string of the molecule is COC(=O)c1ccc(Sc2ccc(C(=O)O)c(C)c2)cc1. The van der Waals surface area contributed by atoms with Crippen LogP contribution in [0.1, 0.15) is 26.3 Å². The van der Waals surface area contributed by atoms with Gasteiger partial charge in [-0.25, -0.2) is 9.59 Å². The minimum atomic E-state index is -0.925. The fourth-order valence-electron chi connectivity index (χ4n) is 1.85. The van der Waals surface area contributed by atoms with Gasteiger partial charge >= 0.3 is 11.9 Å². The van der Waals surface area contributed by atoms with Gasteiger partial charge in [-0.15, -0.1) is 0 Å². The molecule has 0 bridgehead atoms. The van der Waals surface area contributed by atoms with Crippen molar-refractivity contribution in [2.24, 2.45) is 0 Å². The minimum Gasteiger partial charge on any atom is -0.478 e. The summed E-state index contributed by atoms with van der Waals surface area (Å²) in [7, 11) is 1.35. The zero-order valence-electron chi connectivity index (χ0n) is 11.6. The number of methoxy groups -OCH3 is 1. The van der Waals surface area contributed by atoms with E-state index in [4.69, 9.17) is 5.11 Å². The largest absolute Gasteiger partial charge is 0.478 e. The number of esters is 1. The first-order valence-corrected chi connectivity index (χ1v) is 7.03. The van der Waals surface area contributed by atoms with Crippen molar-refractivity contribution in [3.8, 4) is 0 Å². The highest BCUT2D eigenvalue weighted by Crippen LogP contribution is 2.29. The van der Waals surface area contributed by atoms with E-state index in [0.29, 0.717) is 11.1 Å². The van der Waals surface area contributed by atoms with E-state index in [1.165, 1.54) is 18.9 Å². The number of rotatable bonds is 4. The summed E-state index contributed by atoms with van der Waals surface area (Å²) in [6.45, 7) is 1.77. The van der Waals surface area contributed by atoms with Gasteiger partial charge < -0.3 is 9.84 Å². The van der Waals surface area contributed by atoms with Crippen LogP contribution in [0.15, 0.2) is 52.3 Å². The van der Waals surface area contributed by atoms with Crippen molar-refractivity contribution in [3.05, 3.63) is 59.2 Å². The van der Waals surface area contributed by atoms with Crippen LogP contribution in [0.4, 0.5) is 0 Å². The van der Waals surface area contributed by atoms with Gasteiger partial charge in [0.25, 0.3) is 0 Å². The van der Waals surface area contributed by atoms with Crippen molar-refractivity contribution in [1.29, 1.82) is 0 Å². The maximum Gasteiger partial charge on any atom is 0.337 e. The van der Waals surface area contributed by atoms with E-state index in [1.54, 1.807) is 31.2 Å². The maximum absolute atomic E-state index is 11.3. The summed E-state index contributed by atoms with van der Waals surface area (Å²) < 4.78 is 4.64. The first kappa shape index (κ1) is 15.1. The number of carboxylic acids is 1. The van der Waals surface area contributed by atoms with E-state index in [2.05, 4.69) is 4.74 Å². The van der Waals surface area contributed by atoms with E-state index in [-0.39, 0.29) is 5.97 Å². The van der Waals surface area contributed by atoms with Crippen LogP contribution in [-0.2, 0) is 4.74 Å². The molecule has 0 aliphatic heterocycles. The fraction of sp³-hybridized carbons (Fsp3) is 0.125. The van der Waals surface area contributed by atoms with Gasteiger partial charge in [-0.05, 0) is 55.0 Å². The second-order valence-corrected chi connectivity index (χ2v) is 5.55. The summed E-state index contributed by atoms with van der Waals surface area (Å²) in [4.78, 5) is 24.2. The summed E-state index contributed by atoms with van der Waals surface area (Å²) >= 11 is 1.51. The topological polar surface area (TPSA) is 63.6 Å². The highest BCUT2D eigenvalue weighted by atomic mass is 32.2. The van der Waals surface area contributed by atoms with Crippen LogP contribution in [-0.4, -0.2) is 24.2 Å². The van der Waals surface area contributed by atoms with E-state index >= 15 is 0 Å². The number of hydrogen-bond acceptors (Lipinski definition) is 4. The Morgan fingerprint density at radius 1 is 1.05 bits per heavy atom. The van der Waals surface area contributed by atoms with Crippen molar-refractivity contribution < 1.29 is 19.4 Å². The average Bonchev–Trinajstić information content (AvgIpc) is 2.47. The van der Waals surface area contributed by atoms with Crippen LogP contribution >= 0.6 is 11.8 Å². The van der Waals surface area contributed by atoms with Gasteiger partial charge in [0.05, 0.1) is 18.2 Å². The van der Waals surface area contributed by atoms with Crippen LogP contribution in [0, 0.1) is 6.92 Å². The fourth-order valence-corrected chi connectivity index (χ4v) is 2.77. The molecule has 0 saturated carbocycles. The molecule has 5 heteroatoms. The van der Waals surface area contributed by atoms with E-state index < -0.39 is 5.97 Å². The number of benzene rings is 2. The summed E-state index contributed by atoms with van der Waals surface area (Å²) in [6, 6.07) is 12.3. The molecule has 0 saturated heterocycles. The molecule has 21 heavy (non-hydrogen) atoms. The number of ether oxygens (including phenoxy) is 1. The lowest BCUT2D eigenvalue weighted by Crippen LogP contribution is -2.00. The molecule has 4 nitrogen and oxygen atoms in total. The van der Waals surface area contributed by atoms with Gasteiger partial charge in [0.2, 0.25) is 0 Å². The van der Waals surface area contributed by atoms with Crippen LogP contribution in [0.5, 0.6) is 0 Å². The molecule has 108 valence electrons. The zero-order valence-corrected chi connectivity index (χ0v) is 12.4. The third-order valence-corrected chi connectivity index (χ3v) is 3.94. The lowest BCUT2D eigenvalue weighted by atomic mass is 10.1. The highest BCUT2D eigenvalue weighted by molar-refractivity contribution is 7.99. The van der Waals surface area contributed by atoms with E-state index in [0.717, 1.165) is 15.4 Å². The molecule has 0 aliphatic carbocycles. The normalized spacial score (nSPS) is 10.2. The molecule has 0 aromatic heterocycles. The minimum absolute atomic E-state index is 0.306. The predicted molar refractivity (Wildman–Crippen MR) is 80.0 cm³/mol. The lowest BCUT2D eigenvalue weighted by Gasteiger charge is -2.06. The first-order valence-electron chi connectivity index (χ1n) is 6.21. The Balaban J connectivity index is 2.17. The Labute approximate surface area is 126 Å². The first-order chi connectivity index (χ1) is 10.0. The van der Waals surface area contributed by atoms with E-state index in [9.17, 15) is 9.59 Å². The predicted octanol–water partition coefficient (Wildman–Crippen LogP) is 3.63. The molecule has 0 radical (unpaired) electrons. The van der Waals surface area contributed by atoms with Crippen molar-refractivity contribution in [2.45, 2.75) is 16.7 Å². The molecule has 0 heterocycles. The van der Waals surface area contributed by atoms with Gasteiger partial charge in [-0.3, -0.25) is 0 Å². The number of aryl methyl sites for hydroxylation is 1. The molecular formula is C16H14O4S. The van der Waals surface area contributed by atoms with Gasteiger partial charge in [0, 0.05) is 9.79 Å². The zero-order chi connectivity index (χ0) is 15.4. The Morgan fingerprint density at radius 2 is 1.67 bits per heavy atom. The summed E-state index contributed by atoms with van der Waals surface area (Å²) in [5.74, 6) is -1.29. The highest BCUT2D eigenvalue weighted by Gasteiger charge is 2.09. The summed E-state index contributed by atoms with van der Waals surface area (Å²) in [5, 5.41) is 9.00. The van der Waals surface area contributed by atoms with Gasteiger partial charge in [0.1, 0.15) is 0 Å². The molecule has 2 rings (SSSR count). The van der Waals surface area contributed by atoms with Crippen LogP contribution in [0.2, 0.25) is 0 Å². The Morgan fingerprint density at radius 3 is 2.19 bits per heavy atom. The third kappa shape index (κ3) is 3.64. The van der Waals surface area contributed by atoms with Crippen molar-refractivity contribution in [3.63, 3.8) is 0 Å². The molecule has 2 aromatic rings. The van der Waals surface area contributed by atoms with Crippen molar-refractivity contribution in [2.75, 3.05) is 7.11 Å². The summed E-state index contributed by atoms with van der Waals surface area (Å²) in [6.07, 6.45) is 0. The number of carbonyl (C=O) groups is 2. The summed E-state index contributed by atoms with van der Waals surface area (Å²) in [5.41, 5.74) is 1.53. The van der Waals surface area contributed by atoms with Crippen molar-refractivity contribution in [1.82, 2.24) is 0 Å². The molecule has 0 unspecified atom stereocenters. The van der Waals surface area contributed by atoms with Gasteiger partial charge in [-0.2, -0.15) is 0 Å². The number of aromatic carboxylic acids is 1. The Kier molecular flexibility index (Phi) is 4.65. The van der Waals surface area contributed by atoms with Crippen LogP contribution in [0.3, 0.4) is 0 Å². The maximum atomic E-state index is 11.3. The van der Waals surface area contributed by atoms with Crippen LogP contribution in [0.25, 0.3) is 0 Å². The Bertz CT molecular complexity index is 677. The number of carbonyl (C=O) groups excluding carboxylic acids is 1. The van der Waals surface area contributed by atoms with Crippen molar-refractivity contribution >= 4 is 23.7 Å². The smallest absolute Gasteiger partial charge is 0.337 e. The quantitative estimate of drug-likeness (QED) is 0.874. The standard InChI is InChI=1S/C16H14O4S/c1-10-9-13(7-8-14(10)15(17)18)21-12-5-3-11(4-6-12)16(19)20-2/h3-9H,1-2H3,(H,17,18). The van der Waals surface area contributed by atoms with Gasteiger partial charge in [-0.1, -0.05) is 11.8 Å². The van der Waals surface area contributed by atoms with Gasteiger partial charge in [0.15, 0.2) is 0 Å². The molecule has 0 amide bonds. The molecule has 0 atom stereocenters. The van der Waals surface area contributed by atoms with E-state index in [1.807, 2.05) is 18.2 Å². The Hall–Kier alpha value is -2.27. The average molecular weight is 302 g/mol. The lowest BCUT2D eigenvalue weighted by molar-refractivity contribution is 0.0599. The molecule has 0 fully saturated rings. The number of hydrogen-bond donors (Lipinski definition) is 1.